The molecule has 7 nitrogen and oxygen atoms in total. The van der Waals surface area contributed by atoms with E-state index < -0.39 is 0 Å². The second-order valence-electron chi connectivity index (χ2n) is 8.86. The summed E-state index contributed by atoms with van der Waals surface area (Å²) in [7, 11) is 0. The molecule has 0 unspecified atom stereocenters. The third-order valence-electron chi connectivity index (χ3n) is 7.00. The number of hydrogen-bond donors (Lipinski definition) is 1. The SMILES string of the molecule is CCC(CC)C(=O)N1CCC(NC(=O)C2CCN(C(=O)N3CCCC3)CC2)CC1. The first-order valence-electron chi connectivity index (χ1n) is 11.7. The van der Waals surface area contributed by atoms with Gasteiger partial charge < -0.3 is 20.0 Å². The Morgan fingerprint density at radius 3 is 1.86 bits per heavy atom. The van der Waals surface area contributed by atoms with Crippen LogP contribution in [0.1, 0.15) is 65.2 Å². The smallest absolute Gasteiger partial charge is 0.319 e. The fourth-order valence-corrected chi connectivity index (χ4v) is 4.90. The van der Waals surface area contributed by atoms with Gasteiger partial charge >= 0.3 is 6.03 Å². The molecule has 29 heavy (non-hydrogen) atoms. The minimum Gasteiger partial charge on any atom is -0.353 e. The number of urea groups is 1. The van der Waals surface area contributed by atoms with E-state index in [0.717, 1.165) is 77.5 Å². The van der Waals surface area contributed by atoms with Gasteiger partial charge in [0.05, 0.1) is 0 Å². The molecule has 3 heterocycles. The Morgan fingerprint density at radius 1 is 0.793 bits per heavy atom. The second-order valence-corrected chi connectivity index (χ2v) is 8.86. The molecule has 164 valence electrons. The van der Waals surface area contributed by atoms with E-state index >= 15 is 0 Å². The summed E-state index contributed by atoms with van der Waals surface area (Å²) in [5, 5.41) is 3.21. The number of carbonyl (C=O) groups excluding carboxylic acids is 3. The van der Waals surface area contributed by atoms with Crippen molar-refractivity contribution in [2.24, 2.45) is 11.8 Å². The maximum atomic E-state index is 12.7. The van der Waals surface area contributed by atoms with Crippen molar-refractivity contribution in [1.29, 1.82) is 0 Å². The summed E-state index contributed by atoms with van der Waals surface area (Å²) >= 11 is 0. The lowest BCUT2D eigenvalue weighted by atomic mass is 9.94. The van der Waals surface area contributed by atoms with Crippen LogP contribution in [0.15, 0.2) is 0 Å². The van der Waals surface area contributed by atoms with Gasteiger partial charge in [0.15, 0.2) is 0 Å². The zero-order valence-corrected chi connectivity index (χ0v) is 18.2. The zero-order valence-electron chi connectivity index (χ0n) is 18.2. The highest BCUT2D eigenvalue weighted by molar-refractivity contribution is 5.80. The molecule has 4 amide bonds. The maximum Gasteiger partial charge on any atom is 0.319 e. The fraction of sp³-hybridized carbons (Fsp3) is 0.864. The van der Waals surface area contributed by atoms with Crippen molar-refractivity contribution in [1.82, 2.24) is 20.0 Å². The van der Waals surface area contributed by atoms with Crippen molar-refractivity contribution in [2.75, 3.05) is 39.3 Å². The number of nitrogens with zero attached hydrogens (tertiary/aromatic N) is 3. The predicted octanol–water partition coefficient (Wildman–Crippen LogP) is 2.46. The van der Waals surface area contributed by atoms with Crippen molar-refractivity contribution >= 4 is 17.8 Å². The molecular formula is C22H38N4O3. The van der Waals surface area contributed by atoms with E-state index in [1.807, 2.05) is 14.7 Å². The molecule has 3 aliphatic heterocycles. The second kappa shape index (κ2) is 10.3. The summed E-state index contributed by atoms with van der Waals surface area (Å²) in [5.41, 5.74) is 0. The third kappa shape index (κ3) is 5.43. The summed E-state index contributed by atoms with van der Waals surface area (Å²) < 4.78 is 0. The van der Waals surface area contributed by atoms with E-state index in [0.29, 0.717) is 13.1 Å². The van der Waals surface area contributed by atoms with Gasteiger partial charge in [-0.1, -0.05) is 13.8 Å². The van der Waals surface area contributed by atoms with E-state index in [4.69, 9.17) is 0 Å². The summed E-state index contributed by atoms with van der Waals surface area (Å²) in [6.07, 6.45) is 7.16. The Bertz CT molecular complexity index is 571. The molecule has 3 aliphatic rings. The lowest BCUT2D eigenvalue weighted by molar-refractivity contribution is -0.137. The van der Waals surface area contributed by atoms with Gasteiger partial charge in [-0.2, -0.15) is 0 Å². The van der Waals surface area contributed by atoms with Gasteiger partial charge in [0.25, 0.3) is 0 Å². The van der Waals surface area contributed by atoms with Crippen molar-refractivity contribution < 1.29 is 14.4 Å². The molecule has 0 aromatic rings. The van der Waals surface area contributed by atoms with Crippen LogP contribution in [-0.2, 0) is 9.59 Å². The van der Waals surface area contributed by atoms with Crippen LogP contribution < -0.4 is 5.32 Å². The van der Waals surface area contributed by atoms with Crippen LogP contribution in [0.3, 0.4) is 0 Å². The minimum atomic E-state index is 0.00172. The Kier molecular flexibility index (Phi) is 7.78. The fourth-order valence-electron chi connectivity index (χ4n) is 4.90. The average molecular weight is 407 g/mol. The van der Waals surface area contributed by atoms with Crippen LogP contribution in [0.2, 0.25) is 0 Å². The van der Waals surface area contributed by atoms with Crippen molar-refractivity contribution in [2.45, 2.75) is 71.3 Å². The molecule has 0 radical (unpaired) electrons. The highest BCUT2D eigenvalue weighted by Crippen LogP contribution is 2.22. The number of nitrogens with one attached hydrogen (secondary N) is 1. The first-order valence-corrected chi connectivity index (χ1v) is 11.7. The topological polar surface area (TPSA) is 73.0 Å². The minimum absolute atomic E-state index is 0.00172. The van der Waals surface area contributed by atoms with Crippen LogP contribution in [0, 0.1) is 11.8 Å². The molecule has 0 aromatic carbocycles. The van der Waals surface area contributed by atoms with Crippen LogP contribution in [0.4, 0.5) is 4.79 Å². The van der Waals surface area contributed by atoms with Gasteiger partial charge in [-0.25, -0.2) is 4.79 Å². The normalized spacial score (nSPS) is 21.7. The molecule has 1 N–H and O–H groups in total. The van der Waals surface area contributed by atoms with E-state index in [1.165, 1.54) is 0 Å². The first kappa shape index (κ1) is 21.9. The molecule has 3 saturated heterocycles. The molecule has 0 spiro atoms. The molecular weight excluding hydrogens is 368 g/mol. The predicted molar refractivity (Wildman–Crippen MR) is 112 cm³/mol. The average Bonchev–Trinajstić information content (AvgIpc) is 3.29. The summed E-state index contributed by atoms with van der Waals surface area (Å²) in [6.45, 7) is 8.72. The molecule has 0 saturated carbocycles. The zero-order chi connectivity index (χ0) is 20.8. The van der Waals surface area contributed by atoms with Crippen molar-refractivity contribution in [3.05, 3.63) is 0 Å². The highest BCUT2D eigenvalue weighted by Gasteiger charge is 2.32. The van der Waals surface area contributed by atoms with E-state index in [-0.39, 0.29) is 35.7 Å². The molecule has 0 aliphatic carbocycles. The first-order chi connectivity index (χ1) is 14.0. The number of likely N-dealkylation sites (tertiary alicyclic amines) is 3. The number of rotatable bonds is 5. The van der Waals surface area contributed by atoms with E-state index in [1.54, 1.807) is 0 Å². The standard InChI is InChI=1S/C22H38N4O3/c1-3-17(4-2)21(28)24-15-9-19(10-16-24)23-20(27)18-7-13-26(14-8-18)22(29)25-11-5-6-12-25/h17-19H,3-16H2,1-2H3,(H,23,27). The van der Waals surface area contributed by atoms with Gasteiger partial charge in [0.2, 0.25) is 11.8 Å². The lowest BCUT2D eigenvalue weighted by Crippen LogP contribution is -2.51. The van der Waals surface area contributed by atoms with Gasteiger partial charge in [-0.05, 0) is 51.4 Å². The maximum absolute atomic E-state index is 12.7. The van der Waals surface area contributed by atoms with E-state index in [2.05, 4.69) is 19.2 Å². The highest BCUT2D eigenvalue weighted by atomic mass is 16.2. The van der Waals surface area contributed by atoms with Crippen LogP contribution in [0.5, 0.6) is 0 Å². The summed E-state index contributed by atoms with van der Waals surface area (Å²) in [4.78, 5) is 43.6. The molecule has 3 rings (SSSR count). The number of hydrogen-bond acceptors (Lipinski definition) is 3. The van der Waals surface area contributed by atoms with Crippen LogP contribution >= 0.6 is 0 Å². The molecule has 7 heteroatoms. The Balaban J connectivity index is 1.38. The number of amides is 4. The van der Waals surface area contributed by atoms with E-state index in [9.17, 15) is 14.4 Å². The lowest BCUT2D eigenvalue weighted by Gasteiger charge is -2.36. The summed E-state index contributed by atoms with van der Waals surface area (Å²) in [6, 6.07) is 0.313. The monoisotopic (exact) mass is 406 g/mol. The summed E-state index contributed by atoms with van der Waals surface area (Å²) in [5.74, 6) is 0.536. The van der Waals surface area contributed by atoms with Crippen LogP contribution in [0.25, 0.3) is 0 Å². The van der Waals surface area contributed by atoms with Crippen molar-refractivity contribution in [3.8, 4) is 0 Å². The Labute approximate surface area is 175 Å². The molecule has 0 atom stereocenters. The van der Waals surface area contributed by atoms with Gasteiger partial charge in [-0.15, -0.1) is 0 Å². The Hall–Kier alpha value is -1.79. The largest absolute Gasteiger partial charge is 0.353 e. The van der Waals surface area contributed by atoms with Gasteiger partial charge in [-0.3, -0.25) is 9.59 Å². The number of piperidine rings is 2. The van der Waals surface area contributed by atoms with Gasteiger partial charge in [0.1, 0.15) is 0 Å². The Morgan fingerprint density at radius 2 is 1.31 bits per heavy atom. The molecule has 3 fully saturated rings. The van der Waals surface area contributed by atoms with Gasteiger partial charge in [0, 0.05) is 57.1 Å². The molecule has 0 bridgehead atoms. The third-order valence-corrected chi connectivity index (χ3v) is 7.00. The van der Waals surface area contributed by atoms with Crippen LogP contribution in [-0.4, -0.2) is 77.9 Å². The molecule has 0 aromatic heterocycles. The van der Waals surface area contributed by atoms with Crippen molar-refractivity contribution in [3.63, 3.8) is 0 Å². The quantitative estimate of drug-likeness (QED) is 0.762. The number of carbonyl (C=O) groups is 3.